The number of hydrogen-bond acceptors (Lipinski definition) is 4. The molecule has 4 heteroatoms. The van der Waals surface area contributed by atoms with E-state index in [-0.39, 0.29) is 5.60 Å². The van der Waals surface area contributed by atoms with E-state index in [1.54, 1.807) is 0 Å². The first-order valence-corrected chi connectivity index (χ1v) is 7.92. The minimum atomic E-state index is -0.0807. The quantitative estimate of drug-likeness (QED) is 0.921. The number of benzene rings is 1. The van der Waals surface area contributed by atoms with Crippen LogP contribution >= 0.6 is 0 Å². The van der Waals surface area contributed by atoms with Gasteiger partial charge in [0.2, 0.25) is 0 Å². The Balaban J connectivity index is 1.83. The number of morpholine rings is 1. The lowest BCUT2D eigenvalue weighted by molar-refractivity contribution is -0.0967. The molecule has 116 valence electrons. The van der Waals surface area contributed by atoms with Gasteiger partial charge in [0, 0.05) is 45.0 Å². The van der Waals surface area contributed by atoms with E-state index in [1.165, 1.54) is 16.8 Å². The fourth-order valence-electron chi connectivity index (χ4n) is 3.61. The van der Waals surface area contributed by atoms with E-state index in [1.807, 2.05) is 0 Å². The molecule has 0 radical (unpaired) electrons. The van der Waals surface area contributed by atoms with Crippen molar-refractivity contribution in [1.29, 1.82) is 0 Å². The second-order valence-electron chi connectivity index (χ2n) is 6.89. The SMILES string of the molecule is CN1CCc2cc(C(CN)N3CCOC(C)(C)C3)ccc21. The molecule has 0 amide bonds. The molecule has 1 saturated heterocycles. The average Bonchev–Trinajstić information content (AvgIpc) is 2.80. The molecule has 4 nitrogen and oxygen atoms in total. The van der Waals surface area contributed by atoms with E-state index in [9.17, 15) is 0 Å². The summed E-state index contributed by atoms with van der Waals surface area (Å²) < 4.78 is 5.83. The molecule has 2 N–H and O–H groups in total. The van der Waals surface area contributed by atoms with E-state index in [0.717, 1.165) is 32.7 Å². The number of ether oxygens (including phenoxy) is 1. The van der Waals surface area contributed by atoms with E-state index in [2.05, 4.69) is 48.9 Å². The van der Waals surface area contributed by atoms with Crippen LogP contribution in [-0.2, 0) is 11.2 Å². The number of nitrogens with two attached hydrogens (primary N) is 1. The summed E-state index contributed by atoms with van der Waals surface area (Å²) in [7, 11) is 2.16. The van der Waals surface area contributed by atoms with Gasteiger partial charge in [0.05, 0.1) is 12.2 Å². The Kier molecular flexibility index (Phi) is 3.95. The van der Waals surface area contributed by atoms with Crippen LogP contribution in [0.4, 0.5) is 5.69 Å². The Labute approximate surface area is 127 Å². The third-order valence-corrected chi connectivity index (χ3v) is 4.74. The van der Waals surface area contributed by atoms with Crippen molar-refractivity contribution in [3.63, 3.8) is 0 Å². The first-order valence-electron chi connectivity index (χ1n) is 7.92. The maximum absolute atomic E-state index is 6.10. The van der Waals surface area contributed by atoms with Crippen molar-refractivity contribution in [2.75, 3.05) is 44.7 Å². The fourth-order valence-corrected chi connectivity index (χ4v) is 3.61. The summed E-state index contributed by atoms with van der Waals surface area (Å²) in [4.78, 5) is 4.80. The van der Waals surface area contributed by atoms with Crippen molar-refractivity contribution >= 4 is 5.69 Å². The van der Waals surface area contributed by atoms with Gasteiger partial charge in [-0.2, -0.15) is 0 Å². The highest BCUT2D eigenvalue weighted by molar-refractivity contribution is 5.58. The van der Waals surface area contributed by atoms with E-state index >= 15 is 0 Å². The summed E-state index contributed by atoms with van der Waals surface area (Å²) >= 11 is 0. The third kappa shape index (κ3) is 2.93. The van der Waals surface area contributed by atoms with Gasteiger partial charge >= 0.3 is 0 Å². The van der Waals surface area contributed by atoms with Gasteiger partial charge in [-0.3, -0.25) is 4.90 Å². The zero-order chi connectivity index (χ0) is 15.0. The summed E-state index contributed by atoms with van der Waals surface area (Å²) in [5.41, 5.74) is 10.2. The van der Waals surface area contributed by atoms with Crippen LogP contribution in [-0.4, -0.2) is 50.3 Å². The second-order valence-corrected chi connectivity index (χ2v) is 6.89. The fraction of sp³-hybridized carbons (Fsp3) is 0.647. The standard InChI is InChI=1S/C17H27N3O/c1-17(2)12-20(8-9-21-17)16(11-18)13-4-5-15-14(10-13)6-7-19(15)3/h4-5,10,16H,6-9,11-12,18H2,1-3H3. The maximum Gasteiger partial charge on any atom is 0.0753 e. The lowest BCUT2D eigenvalue weighted by Crippen LogP contribution is -2.50. The molecule has 1 aromatic rings. The third-order valence-electron chi connectivity index (χ3n) is 4.74. The molecular formula is C17H27N3O. The van der Waals surface area contributed by atoms with Crippen LogP contribution in [0, 0.1) is 0 Å². The van der Waals surface area contributed by atoms with Gasteiger partial charge < -0.3 is 15.4 Å². The summed E-state index contributed by atoms with van der Waals surface area (Å²) in [5, 5.41) is 0. The number of rotatable bonds is 3. The predicted octanol–water partition coefficient (Wildman–Crippen LogP) is 1.79. The van der Waals surface area contributed by atoms with Gasteiger partial charge in [-0.05, 0) is 37.5 Å². The van der Waals surface area contributed by atoms with Crippen LogP contribution in [0.2, 0.25) is 0 Å². The molecule has 0 aliphatic carbocycles. The van der Waals surface area contributed by atoms with Crippen LogP contribution in [0.1, 0.15) is 31.0 Å². The van der Waals surface area contributed by atoms with Gasteiger partial charge in [0.15, 0.2) is 0 Å². The largest absolute Gasteiger partial charge is 0.374 e. The van der Waals surface area contributed by atoms with Gasteiger partial charge in [-0.25, -0.2) is 0 Å². The lowest BCUT2D eigenvalue weighted by Gasteiger charge is -2.42. The van der Waals surface area contributed by atoms with Crippen LogP contribution in [0.5, 0.6) is 0 Å². The first kappa shape index (κ1) is 14.8. The molecule has 2 aliphatic heterocycles. The van der Waals surface area contributed by atoms with Crippen molar-refractivity contribution in [3.05, 3.63) is 29.3 Å². The molecular weight excluding hydrogens is 262 g/mol. The maximum atomic E-state index is 6.10. The number of hydrogen-bond donors (Lipinski definition) is 1. The van der Waals surface area contributed by atoms with E-state index in [4.69, 9.17) is 10.5 Å². The number of fused-ring (bicyclic) bond motifs is 1. The van der Waals surface area contributed by atoms with Crippen LogP contribution in [0.15, 0.2) is 18.2 Å². The lowest BCUT2D eigenvalue weighted by atomic mass is 9.98. The molecule has 0 saturated carbocycles. The van der Waals surface area contributed by atoms with Crippen molar-refractivity contribution in [2.24, 2.45) is 5.73 Å². The van der Waals surface area contributed by atoms with Gasteiger partial charge in [-0.15, -0.1) is 0 Å². The number of anilines is 1. The minimum absolute atomic E-state index is 0.0807. The van der Waals surface area contributed by atoms with Crippen LogP contribution in [0.25, 0.3) is 0 Å². The highest BCUT2D eigenvalue weighted by atomic mass is 16.5. The highest BCUT2D eigenvalue weighted by Gasteiger charge is 2.31. The molecule has 0 bridgehead atoms. The topological polar surface area (TPSA) is 41.7 Å². The zero-order valence-electron chi connectivity index (χ0n) is 13.4. The average molecular weight is 289 g/mol. The molecule has 21 heavy (non-hydrogen) atoms. The van der Waals surface area contributed by atoms with Crippen molar-refractivity contribution < 1.29 is 4.74 Å². The normalized spacial score (nSPS) is 23.1. The monoisotopic (exact) mass is 289 g/mol. The number of likely N-dealkylation sites (N-methyl/N-ethyl adjacent to an activating group) is 1. The first-order chi connectivity index (χ1) is 10.00. The Morgan fingerprint density at radius 1 is 1.33 bits per heavy atom. The second kappa shape index (κ2) is 5.59. The van der Waals surface area contributed by atoms with Gasteiger partial charge in [-0.1, -0.05) is 12.1 Å². The van der Waals surface area contributed by atoms with E-state index in [0.29, 0.717) is 12.6 Å². The molecule has 2 heterocycles. The molecule has 1 fully saturated rings. The van der Waals surface area contributed by atoms with Crippen molar-refractivity contribution in [3.8, 4) is 0 Å². The van der Waals surface area contributed by atoms with Crippen molar-refractivity contribution in [1.82, 2.24) is 4.90 Å². The predicted molar refractivity (Wildman–Crippen MR) is 86.8 cm³/mol. The Morgan fingerprint density at radius 2 is 2.14 bits per heavy atom. The summed E-state index contributed by atoms with van der Waals surface area (Å²) in [6.07, 6.45) is 1.14. The smallest absolute Gasteiger partial charge is 0.0753 e. The highest BCUT2D eigenvalue weighted by Crippen LogP contribution is 2.32. The van der Waals surface area contributed by atoms with Crippen LogP contribution in [0.3, 0.4) is 0 Å². The molecule has 2 aliphatic rings. The number of nitrogens with zero attached hydrogens (tertiary/aromatic N) is 2. The van der Waals surface area contributed by atoms with Crippen molar-refractivity contribution in [2.45, 2.75) is 31.9 Å². The molecule has 0 aromatic heterocycles. The molecule has 1 unspecified atom stereocenters. The summed E-state index contributed by atoms with van der Waals surface area (Å²) in [6, 6.07) is 7.16. The molecule has 0 spiro atoms. The molecule has 3 rings (SSSR count). The van der Waals surface area contributed by atoms with Crippen LogP contribution < -0.4 is 10.6 Å². The van der Waals surface area contributed by atoms with E-state index < -0.39 is 0 Å². The van der Waals surface area contributed by atoms with Gasteiger partial charge in [0.1, 0.15) is 0 Å². The van der Waals surface area contributed by atoms with Gasteiger partial charge in [0.25, 0.3) is 0 Å². The molecule has 1 aromatic carbocycles. The Bertz CT molecular complexity index is 515. The zero-order valence-corrected chi connectivity index (χ0v) is 13.4. The Morgan fingerprint density at radius 3 is 2.86 bits per heavy atom. The molecule has 1 atom stereocenters. The summed E-state index contributed by atoms with van der Waals surface area (Å²) in [6.45, 7) is 8.78. The minimum Gasteiger partial charge on any atom is -0.374 e. The Hall–Kier alpha value is -1.10. The summed E-state index contributed by atoms with van der Waals surface area (Å²) in [5.74, 6) is 0.